The number of guanidine groups is 1. The molecule has 19 heavy (non-hydrogen) atoms. The molecule has 0 heterocycles. The molecule has 0 bridgehead atoms. The molecule has 4 nitrogen and oxygen atoms in total. The monoisotopic (exact) mass is 397 g/mol. The van der Waals surface area contributed by atoms with E-state index in [0.29, 0.717) is 24.1 Å². The molecule has 0 aliphatic heterocycles. The van der Waals surface area contributed by atoms with E-state index in [2.05, 4.69) is 17.2 Å². The molecule has 108 valence electrons. The molecule has 1 aromatic rings. The van der Waals surface area contributed by atoms with Gasteiger partial charge >= 0.3 is 0 Å². The topological polar surface area (TPSA) is 59.6 Å². The number of hydrogen-bond donors (Lipinski definition) is 2. The number of nitrogens with two attached hydrogens (primary N) is 1. The van der Waals surface area contributed by atoms with E-state index in [9.17, 15) is 0 Å². The number of rotatable bonds is 7. The Hall–Kier alpha value is -0.690. The number of nitrogens with one attached hydrogen (secondary N) is 1. The average Bonchev–Trinajstić information content (AvgIpc) is 2.35. The van der Waals surface area contributed by atoms with E-state index in [1.807, 2.05) is 18.2 Å². The van der Waals surface area contributed by atoms with Gasteiger partial charge in [-0.3, -0.25) is 4.99 Å². The molecule has 0 fully saturated rings. The molecule has 0 atom stereocenters. The lowest BCUT2D eigenvalue weighted by Gasteiger charge is -2.08. The van der Waals surface area contributed by atoms with Crippen LogP contribution < -0.4 is 15.8 Å². The Balaban J connectivity index is 0.00000324. The first kappa shape index (κ1) is 18.3. The number of aliphatic imine (C=N–C) groups is 1. The minimum Gasteiger partial charge on any atom is -0.492 e. The molecule has 0 aliphatic rings. The van der Waals surface area contributed by atoms with Crippen molar-refractivity contribution in [3.63, 3.8) is 0 Å². The van der Waals surface area contributed by atoms with Crippen LogP contribution in [0.5, 0.6) is 5.75 Å². The predicted molar refractivity (Wildman–Crippen MR) is 91.8 cm³/mol. The second kappa shape index (κ2) is 11.2. The predicted octanol–water partition coefficient (Wildman–Crippen LogP) is 3.04. The summed E-state index contributed by atoms with van der Waals surface area (Å²) in [7, 11) is 0. The Kier molecular flexibility index (Phi) is 10.8. The van der Waals surface area contributed by atoms with Crippen LogP contribution in [0, 0.1) is 0 Å². The van der Waals surface area contributed by atoms with Gasteiger partial charge in [-0.25, -0.2) is 0 Å². The Morgan fingerprint density at radius 3 is 2.95 bits per heavy atom. The van der Waals surface area contributed by atoms with Crippen LogP contribution >= 0.6 is 35.6 Å². The van der Waals surface area contributed by atoms with E-state index in [0.717, 1.165) is 25.1 Å². The maximum atomic E-state index is 5.84. The van der Waals surface area contributed by atoms with Crippen LogP contribution in [-0.2, 0) is 0 Å². The highest BCUT2D eigenvalue weighted by atomic mass is 127. The highest BCUT2D eigenvalue weighted by Gasteiger charge is 1.95. The second-order valence-corrected chi connectivity index (χ2v) is 4.29. The summed E-state index contributed by atoms with van der Waals surface area (Å²) in [6.07, 6.45) is 2.18. The number of benzene rings is 1. The molecule has 0 aliphatic carbocycles. The number of ether oxygens (including phenoxy) is 1. The zero-order valence-electron chi connectivity index (χ0n) is 11.1. The highest BCUT2D eigenvalue weighted by Crippen LogP contribution is 2.16. The van der Waals surface area contributed by atoms with E-state index in [1.54, 1.807) is 6.07 Å². The summed E-state index contributed by atoms with van der Waals surface area (Å²) in [4.78, 5) is 4.18. The summed E-state index contributed by atoms with van der Waals surface area (Å²) in [5, 5.41) is 3.66. The van der Waals surface area contributed by atoms with Crippen LogP contribution in [0.2, 0.25) is 5.02 Å². The lowest BCUT2D eigenvalue weighted by atomic mass is 10.3. The van der Waals surface area contributed by atoms with Crippen LogP contribution in [0.1, 0.15) is 19.8 Å². The zero-order chi connectivity index (χ0) is 13.2. The summed E-state index contributed by atoms with van der Waals surface area (Å²) in [5.41, 5.74) is 5.68. The molecule has 0 saturated heterocycles. The summed E-state index contributed by atoms with van der Waals surface area (Å²) >= 11 is 5.84. The van der Waals surface area contributed by atoms with E-state index in [1.165, 1.54) is 0 Å². The first-order valence-electron chi connectivity index (χ1n) is 6.14. The van der Waals surface area contributed by atoms with Gasteiger partial charge in [0.15, 0.2) is 5.96 Å². The minimum absolute atomic E-state index is 0. The van der Waals surface area contributed by atoms with Crippen LogP contribution in [0.25, 0.3) is 0 Å². The average molecular weight is 398 g/mol. The van der Waals surface area contributed by atoms with Gasteiger partial charge < -0.3 is 15.8 Å². The lowest BCUT2D eigenvalue weighted by molar-refractivity contribution is 0.322. The van der Waals surface area contributed by atoms with Crippen molar-refractivity contribution in [3.05, 3.63) is 29.3 Å². The third-order valence-corrected chi connectivity index (χ3v) is 2.50. The van der Waals surface area contributed by atoms with E-state index < -0.39 is 0 Å². The van der Waals surface area contributed by atoms with E-state index in [4.69, 9.17) is 22.1 Å². The van der Waals surface area contributed by atoms with Gasteiger partial charge in [0, 0.05) is 11.6 Å². The smallest absolute Gasteiger partial charge is 0.188 e. The SMILES string of the molecule is CCCCN=C(N)NCCOc1cccc(Cl)c1.I. The summed E-state index contributed by atoms with van der Waals surface area (Å²) in [6.45, 7) is 4.03. The van der Waals surface area contributed by atoms with Crippen LogP contribution in [-0.4, -0.2) is 25.7 Å². The molecule has 6 heteroatoms. The maximum Gasteiger partial charge on any atom is 0.188 e. The van der Waals surface area contributed by atoms with E-state index in [-0.39, 0.29) is 24.0 Å². The second-order valence-electron chi connectivity index (χ2n) is 3.85. The molecule has 1 rings (SSSR count). The van der Waals surface area contributed by atoms with Gasteiger partial charge in [-0.1, -0.05) is 31.0 Å². The van der Waals surface area contributed by atoms with Gasteiger partial charge in [0.25, 0.3) is 0 Å². The fourth-order valence-electron chi connectivity index (χ4n) is 1.32. The molecular formula is C13H21ClIN3O. The largest absolute Gasteiger partial charge is 0.492 e. The summed E-state index contributed by atoms with van der Waals surface area (Å²) in [5.74, 6) is 1.23. The van der Waals surface area contributed by atoms with Gasteiger partial charge in [-0.05, 0) is 24.6 Å². The highest BCUT2D eigenvalue weighted by molar-refractivity contribution is 14.0. The van der Waals surface area contributed by atoms with Crippen molar-refractivity contribution in [2.45, 2.75) is 19.8 Å². The third-order valence-electron chi connectivity index (χ3n) is 2.27. The molecule has 3 N–H and O–H groups in total. The zero-order valence-corrected chi connectivity index (χ0v) is 14.2. The van der Waals surface area contributed by atoms with Crippen LogP contribution in [0.3, 0.4) is 0 Å². The normalized spacial score (nSPS) is 10.7. The Labute approximate surface area is 136 Å². The van der Waals surface area contributed by atoms with Gasteiger partial charge in [0.2, 0.25) is 0 Å². The van der Waals surface area contributed by atoms with Gasteiger partial charge in [-0.15, -0.1) is 24.0 Å². The van der Waals surface area contributed by atoms with Crippen molar-refractivity contribution in [3.8, 4) is 5.75 Å². The Morgan fingerprint density at radius 2 is 2.26 bits per heavy atom. The number of halogens is 2. The molecule has 0 unspecified atom stereocenters. The summed E-state index contributed by atoms with van der Waals surface area (Å²) in [6, 6.07) is 7.31. The van der Waals surface area contributed by atoms with Crippen molar-refractivity contribution in [1.82, 2.24) is 5.32 Å². The van der Waals surface area contributed by atoms with Crippen molar-refractivity contribution in [1.29, 1.82) is 0 Å². The lowest BCUT2D eigenvalue weighted by Crippen LogP contribution is -2.34. The number of unbranched alkanes of at least 4 members (excludes halogenated alkanes) is 1. The maximum absolute atomic E-state index is 5.84. The van der Waals surface area contributed by atoms with E-state index >= 15 is 0 Å². The molecular weight excluding hydrogens is 377 g/mol. The fourth-order valence-corrected chi connectivity index (χ4v) is 1.50. The molecule has 0 amide bonds. The van der Waals surface area contributed by atoms with Crippen molar-refractivity contribution < 1.29 is 4.74 Å². The van der Waals surface area contributed by atoms with Crippen LogP contribution in [0.4, 0.5) is 0 Å². The standard InChI is InChI=1S/C13H20ClN3O.HI/c1-2-3-7-16-13(15)17-8-9-18-12-6-4-5-11(14)10-12;/h4-6,10H,2-3,7-9H2,1H3,(H3,15,16,17);1H. The number of nitrogens with zero attached hydrogens (tertiary/aromatic N) is 1. The molecule has 0 aromatic heterocycles. The summed E-state index contributed by atoms with van der Waals surface area (Å²) < 4.78 is 5.51. The van der Waals surface area contributed by atoms with Crippen molar-refractivity contribution in [2.75, 3.05) is 19.7 Å². The van der Waals surface area contributed by atoms with Crippen molar-refractivity contribution in [2.24, 2.45) is 10.7 Å². The Morgan fingerprint density at radius 1 is 1.47 bits per heavy atom. The molecule has 0 spiro atoms. The van der Waals surface area contributed by atoms with Gasteiger partial charge in [0.05, 0.1) is 6.54 Å². The minimum atomic E-state index is 0. The third kappa shape index (κ3) is 8.93. The Bertz CT molecular complexity index is 388. The molecule has 0 radical (unpaired) electrons. The number of hydrogen-bond acceptors (Lipinski definition) is 2. The van der Waals surface area contributed by atoms with Gasteiger partial charge in [0.1, 0.15) is 12.4 Å². The first-order chi connectivity index (χ1) is 8.72. The fraction of sp³-hybridized carbons (Fsp3) is 0.462. The molecule has 0 saturated carbocycles. The van der Waals surface area contributed by atoms with Gasteiger partial charge in [-0.2, -0.15) is 0 Å². The van der Waals surface area contributed by atoms with Crippen molar-refractivity contribution >= 4 is 41.5 Å². The first-order valence-corrected chi connectivity index (χ1v) is 6.52. The molecule has 1 aromatic carbocycles. The van der Waals surface area contributed by atoms with Crippen LogP contribution in [0.15, 0.2) is 29.3 Å². The quantitative estimate of drug-likeness (QED) is 0.322.